The highest BCUT2D eigenvalue weighted by atomic mass is 127. The first kappa shape index (κ1) is 21.2. The number of aryl methyl sites for hydroxylation is 1. The van der Waals surface area contributed by atoms with Crippen LogP contribution in [0.2, 0.25) is 0 Å². The minimum absolute atomic E-state index is 0. The predicted octanol–water partition coefficient (Wildman–Crippen LogP) is 4.39. The molecule has 0 saturated heterocycles. The summed E-state index contributed by atoms with van der Waals surface area (Å²) < 4.78 is 5.92. The van der Waals surface area contributed by atoms with Crippen LogP contribution >= 0.6 is 24.0 Å². The average molecular weight is 478 g/mol. The van der Waals surface area contributed by atoms with Crippen LogP contribution in [0, 0.1) is 6.92 Å². The van der Waals surface area contributed by atoms with E-state index in [-0.39, 0.29) is 24.0 Å². The van der Waals surface area contributed by atoms with Crippen molar-refractivity contribution in [3.63, 3.8) is 0 Å². The van der Waals surface area contributed by atoms with E-state index in [2.05, 4.69) is 40.3 Å². The molecule has 0 spiro atoms. The first-order valence-corrected chi connectivity index (χ1v) is 9.04. The predicted molar refractivity (Wildman–Crippen MR) is 122 cm³/mol. The molecule has 5 nitrogen and oxygen atoms in total. The van der Waals surface area contributed by atoms with Crippen molar-refractivity contribution in [3.05, 3.63) is 65.7 Å². The van der Waals surface area contributed by atoms with E-state index in [0.29, 0.717) is 6.54 Å². The van der Waals surface area contributed by atoms with Gasteiger partial charge in [-0.2, -0.15) is 0 Å². The summed E-state index contributed by atoms with van der Waals surface area (Å²) in [5.41, 5.74) is 3.16. The molecule has 0 aliphatic rings. The Balaban J connectivity index is 0.00000261. The number of hydrogen-bond acceptors (Lipinski definition) is 3. The molecule has 3 aromatic rings. The Hall–Kier alpha value is -2.09. The molecule has 0 atom stereocenters. The van der Waals surface area contributed by atoms with Gasteiger partial charge in [0.05, 0.1) is 6.54 Å². The fourth-order valence-corrected chi connectivity index (χ4v) is 2.83. The van der Waals surface area contributed by atoms with Crippen LogP contribution in [0.5, 0.6) is 0 Å². The average Bonchev–Trinajstić information content (AvgIpc) is 3.04. The van der Waals surface area contributed by atoms with Crippen molar-refractivity contribution < 1.29 is 4.42 Å². The van der Waals surface area contributed by atoms with Crippen molar-refractivity contribution >= 4 is 40.9 Å². The van der Waals surface area contributed by atoms with Gasteiger partial charge in [0.2, 0.25) is 0 Å². The monoisotopic (exact) mass is 478 g/mol. The number of rotatable bonds is 6. The molecule has 0 aliphatic heterocycles. The number of aliphatic imine (C=N–C) groups is 1. The molecule has 27 heavy (non-hydrogen) atoms. The zero-order valence-corrected chi connectivity index (χ0v) is 18.4. The van der Waals surface area contributed by atoms with E-state index < -0.39 is 0 Å². The SMILES string of the molecule is CCNC(=NCCc1ccc(C)nc1)N(C)Cc1cc2ccccc2o1.I. The minimum atomic E-state index is 0. The maximum absolute atomic E-state index is 5.92. The summed E-state index contributed by atoms with van der Waals surface area (Å²) in [5.74, 6) is 1.81. The number of aromatic nitrogens is 1. The lowest BCUT2D eigenvalue weighted by molar-refractivity contribution is 0.412. The summed E-state index contributed by atoms with van der Waals surface area (Å²) in [5, 5.41) is 4.48. The molecule has 2 heterocycles. The second-order valence-electron chi connectivity index (χ2n) is 6.40. The number of halogens is 1. The highest BCUT2D eigenvalue weighted by Gasteiger charge is 2.10. The summed E-state index contributed by atoms with van der Waals surface area (Å²) in [6.45, 7) is 6.30. The van der Waals surface area contributed by atoms with Crippen molar-refractivity contribution in [1.29, 1.82) is 0 Å². The van der Waals surface area contributed by atoms with Gasteiger partial charge in [-0.05, 0) is 44.0 Å². The molecule has 144 valence electrons. The molecule has 0 radical (unpaired) electrons. The quantitative estimate of drug-likeness (QED) is 0.324. The minimum Gasteiger partial charge on any atom is -0.459 e. The van der Waals surface area contributed by atoms with Crippen molar-refractivity contribution in [3.8, 4) is 0 Å². The number of pyridine rings is 1. The standard InChI is InChI=1S/C21H26N4O.HI/c1-4-22-21(23-12-11-17-10-9-16(2)24-14-17)25(3)15-19-13-18-7-5-6-8-20(18)26-19;/h5-10,13-14H,4,11-12,15H2,1-3H3,(H,22,23);1H. The fourth-order valence-electron chi connectivity index (χ4n) is 2.83. The fraction of sp³-hybridized carbons (Fsp3) is 0.333. The van der Waals surface area contributed by atoms with E-state index in [1.165, 1.54) is 5.56 Å². The molecule has 1 aromatic carbocycles. The van der Waals surface area contributed by atoms with E-state index in [0.717, 1.165) is 47.9 Å². The smallest absolute Gasteiger partial charge is 0.194 e. The number of fused-ring (bicyclic) bond motifs is 1. The second-order valence-corrected chi connectivity index (χ2v) is 6.40. The van der Waals surface area contributed by atoms with Gasteiger partial charge in [0.25, 0.3) is 0 Å². The van der Waals surface area contributed by atoms with Gasteiger partial charge in [0.15, 0.2) is 5.96 Å². The molecule has 0 unspecified atom stereocenters. The number of nitrogens with zero attached hydrogens (tertiary/aromatic N) is 3. The highest BCUT2D eigenvalue weighted by molar-refractivity contribution is 14.0. The van der Waals surface area contributed by atoms with Crippen LogP contribution < -0.4 is 5.32 Å². The number of nitrogens with one attached hydrogen (secondary N) is 1. The van der Waals surface area contributed by atoms with Gasteiger partial charge in [0, 0.05) is 37.4 Å². The summed E-state index contributed by atoms with van der Waals surface area (Å²) in [4.78, 5) is 11.2. The Morgan fingerprint density at radius 1 is 1.22 bits per heavy atom. The third kappa shape index (κ3) is 5.95. The first-order valence-electron chi connectivity index (χ1n) is 9.04. The van der Waals surface area contributed by atoms with Crippen molar-refractivity contribution in [1.82, 2.24) is 15.2 Å². The molecular weight excluding hydrogens is 451 g/mol. The summed E-state index contributed by atoms with van der Waals surface area (Å²) >= 11 is 0. The van der Waals surface area contributed by atoms with Crippen LogP contribution in [0.15, 0.2) is 58.1 Å². The van der Waals surface area contributed by atoms with Crippen LogP contribution in [0.4, 0.5) is 0 Å². The summed E-state index contributed by atoms with van der Waals surface area (Å²) in [6.07, 6.45) is 2.80. The number of furan rings is 1. The van der Waals surface area contributed by atoms with Gasteiger partial charge in [-0.1, -0.05) is 24.3 Å². The Kier molecular flexibility index (Phi) is 8.09. The first-order chi connectivity index (χ1) is 12.7. The van der Waals surface area contributed by atoms with Gasteiger partial charge >= 0.3 is 0 Å². The van der Waals surface area contributed by atoms with Crippen LogP contribution in [0.25, 0.3) is 11.0 Å². The maximum Gasteiger partial charge on any atom is 0.194 e. The summed E-state index contributed by atoms with van der Waals surface area (Å²) in [6, 6.07) is 14.3. The molecule has 0 amide bonds. The van der Waals surface area contributed by atoms with Crippen molar-refractivity contribution in [2.24, 2.45) is 4.99 Å². The number of benzene rings is 1. The molecule has 0 bridgehead atoms. The largest absolute Gasteiger partial charge is 0.459 e. The highest BCUT2D eigenvalue weighted by Crippen LogP contribution is 2.19. The van der Waals surface area contributed by atoms with E-state index in [4.69, 9.17) is 9.41 Å². The molecule has 0 saturated carbocycles. The van der Waals surface area contributed by atoms with E-state index in [1.807, 2.05) is 44.4 Å². The zero-order chi connectivity index (χ0) is 18.4. The maximum atomic E-state index is 5.92. The number of hydrogen-bond donors (Lipinski definition) is 1. The zero-order valence-electron chi connectivity index (χ0n) is 16.1. The lowest BCUT2D eigenvalue weighted by Crippen LogP contribution is -2.38. The third-order valence-electron chi connectivity index (χ3n) is 4.20. The lowest BCUT2D eigenvalue weighted by Gasteiger charge is -2.21. The lowest BCUT2D eigenvalue weighted by atomic mass is 10.2. The normalized spacial score (nSPS) is 11.3. The Bertz CT molecular complexity index is 840. The Morgan fingerprint density at radius 2 is 2.04 bits per heavy atom. The summed E-state index contributed by atoms with van der Waals surface area (Å²) in [7, 11) is 2.03. The van der Waals surface area contributed by atoms with Crippen LogP contribution in [0.1, 0.15) is 23.9 Å². The van der Waals surface area contributed by atoms with Gasteiger partial charge in [0.1, 0.15) is 11.3 Å². The molecule has 1 N–H and O–H groups in total. The van der Waals surface area contributed by atoms with Crippen molar-refractivity contribution in [2.75, 3.05) is 20.1 Å². The van der Waals surface area contributed by atoms with Gasteiger partial charge in [-0.25, -0.2) is 0 Å². The van der Waals surface area contributed by atoms with Crippen LogP contribution in [-0.2, 0) is 13.0 Å². The molecule has 2 aromatic heterocycles. The number of para-hydroxylation sites is 1. The number of guanidine groups is 1. The van der Waals surface area contributed by atoms with Crippen LogP contribution in [0.3, 0.4) is 0 Å². The molecular formula is C21H27IN4O. The molecule has 6 heteroatoms. The third-order valence-corrected chi connectivity index (χ3v) is 4.20. The van der Waals surface area contributed by atoms with E-state index >= 15 is 0 Å². The molecule has 3 rings (SSSR count). The van der Waals surface area contributed by atoms with Gasteiger partial charge < -0.3 is 14.6 Å². The van der Waals surface area contributed by atoms with Crippen molar-refractivity contribution in [2.45, 2.75) is 26.8 Å². The van der Waals surface area contributed by atoms with Crippen LogP contribution in [-0.4, -0.2) is 36.0 Å². The van der Waals surface area contributed by atoms with Gasteiger partial charge in [-0.15, -0.1) is 24.0 Å². The molecule has 0 fully saturated rings. The molecule has 0 aliphatic carbocycles. The Labute approximate surface area is 177 Å². The van der Waals surface area contributed by atoms with E-state index in [9.17, 15) is 0 Å². The topological polar surface area (TPSA) is 53.7 Å². The van der Waals surface area contributed by atoms with E-state index in [1.54, 1.807) is 0 Å². The second kappa shape index (κ2) is 10.3. The Morgan fingerprint density at radius 3 is 2.74 bits per heavy atom. The van der Waals surface area contributed by atoms with Gasteiger partial charge in [-0.3, -0.25) is 9.98 Å².